The quantitative estimate of drug-likeness (QED) is 0.546. The molecule has 3 amide bonds. The van der Waals surface area contributed by atoms with Crippen molar-refractivity contribution in [3.05, 3.63) is 53.6 Å². The van der Waals surface area contributed by atoms with Crippen molar-refractivity contribution in [2.24, 2.45) is 5.92 Å². The minimum Gasteiger partial charge on any atom is -0.488 e. The molecule has 3 atom stereocenters. The standard InChI is InChI=1S/C25H31F3N4O4/c1-15-12-32(16(2)14-33)23(34)20-11-19(9-10-21(20)36-22(15)13-31(3)4)30-24(35)29-18-7-5-17(6-8-18)25(26,27)28/h5-11,15-16,22,33H,12-14H2,1-4H3,(H2,29,30,35)/t15-,16+,22-/m0/s1. The third-order valence-corrected chi connectivity index (χ3v) is 5.94. The van der Waals surface area contributed by atoms with E-state index in [4.69, 9.17) is 4.74 Å². The predicted molar refractivity (Wildman–Crippen MR) is 130 cm³/mol. The van der Waals surface area contributed by atoms with E-state index in [1.807, 2.05) is 25.9 Å². The van der Waals surface area contributed by atoms with Gasteiger partial charge < -0.3 is 30.3 Å². The number of urea groups is 1. The highest BCUT2D eigenvalue weighted by molar-refractivity contribution is 6.02. The molecule has 1 aliphatic heterocycles. The van der Waals surface area contributed by atoms with Crippen molar-refractivity contribution < 1.29 is 32.6 Å². The first kappa shape index (κ1) is 27.3. The largest absolute Gasteiger partial charge is 0.488 e. The molecule has 0 spiro atoms. The van der Waals surface area contributed by atoms with Gasteiger partial charge in [-0.25, -0.2) is 4.79 Å². The van der Waals surface area contributed by atoms with Crippen molar-refractivity contribution in [3.8, 4) is 5.75 Å². The van der Waals surface area contributed by atoms with Crippen LogP contribution >= 0.6 is 0 Å². The Morgan fingerprint density at radius 1 is 1.17 bits per heavy atom. The molecule has 196 valence electrons. The van der Waals surface area contributed by atoms with E-state index < -0.39 is 23.8 Å². The van der Waals surface area contributed by atoms with Gasteiger partial charge in [-0.05, 0) is 63.5 Å². The van der Waals surface area contributed by atoms with Crippen LogP contribution < -0.4 is 15.4 Å². The molecular weight excluding hydrogens is 477 g/mol. The summed E-state index contributed by atoms with van der Waals surface area (Å²) in [6.45, 7) is 4.54. The summed E-state index contributed by atoms with van der Waals surface area (Å²) in [7, 11) is 3.86. The van der Waals surface area contributed by atoms with E-state index in [2.05, 4.69) is 10.6 Å². The number of benzene rings is 2. The van der Waals surface area contributed by atoms with Gasteiger partial charge in [0.1, 0.15) is 11.9 Å². The number of aliphatic hydroxyl groups is 1. The van der Waals surface area contributed by atoms with Gasteiger partial charge in [0.15, 0.2) is 0 Å². The van der Waals surface area contributed by atoms with E-state index in [9.17, 15) is 27.9 Å². The molecule has 11 heteroatoms. The van der Waals surface area contributed by atoms with Gasteiger partial charge in [0.05, 0.1) is 23.8 Å². The monoisotopic (exact) mass is 508 g/mol. The number of hydrogen-bond acceptors (Lipinski definition) is 5. The summed E-state index contributed by atoms with van der Waals surface area (Å²) >= 11 is 0. The number of aliphatic hydroxyl groups excluding tert-OH is 1. The SMILES string of the molecule is C[C@H](CO)N1C[C@H](C)[C@H](CN(C)C)Oc2ccc(NC(=O)Nc3ccc(C(F)(F)F)cc3)cc2C1=O. The molecule has 1 heterocycles. The number of rotatable bonds is 6. The first-order valence-corrected chi connectivity index (χ1v) is 11.5. The fourth-order valence-corrected chi connectivity index (χ4v) is 3.91. The molecular formula is C25H31F3N4O4. The van der Waals surface area contributed by atoms with Crippen molar-refractivity contribution in [2.75, 3.05) is 44.4 Å². The third kappa shape index (κ3) is 6.67. The van der Waals surface area contributed by atoms with Gasteiger partial charge in [-0.3, -0.25) is 4.79 Å². The van der Waals surface area contributed by atoms with Crippen LogP contribution in [0, 0.1) is 5.92 Å². The molecule has 3 rings (SSSR count). The first-order valence-electron chi connectivity index (χ1n) is 11.5. The Bertz CT molecular complexity index is 1080. The van der Waals surface area contributed by atoms with E-state index in [1.165, 1.54) is 6.07 Å². The van der Waals surface area contributed by atoms with Crippen molar-refractivity contribution in [1.82, 2.24) is 9.80 Å². The molecule has 3 N–H and O–H groups in total. The highest BCUT2D eigenvalue weighted by atomic mass is 19.4. The molecule has 1 aliphatic rings. The number of halogens is 3. The number of likely N-dealkylation sites (N-methyl/N-ethyl adjacent to an activating group) is 1. The van der Waals surface area contributed by atoms with E-state index in [-0.39, 0.29) is 35.8 Å². The zero-order chi connectivity index (χ0) is 26.6. The maximum absolute atomic E-state index is 13.4. The van der Waals surface area contributed by atoms with E-state index in [0.29, 0.717) is 24.5 Å². The summed E-state index contributed by atoms with van der Waals surface area (Å²) in [6.07, 6.45) is -4.69. The highest BCUT2D eigenvalue weighted by Crippen LogP contribution is 2.31. The van der Waals surface area contributed by atoms with Gasteiger partial charge in [-0.2, -0.15) is 13.2 Å². The smallest absolute Gasteiger partial charge is 0.416 e. The Morgan fingerprint density at radius 3 is 2.36 bits per heavy atom. The van der Waals surface area contributed by atoms with Crippen molar-refractivity contribution in [1.29, 1.82) is 0 Å². The van der Waals surface area contributed by atoms with Crippen LogP contribution in [0.2, 0.25) is 0 Å². The van der Waals surface area contributed by atoms with Gasteiger partial charge in [-0.1, -0.05) is 6.92 Å². The second-order valence-corrected chi connectivity index (χ2v) is 9.25. The second-order valence-electron chi connectivity index (χ2n) is 9.25. The van der Waals surface area contributed by atoms with Gasteiger partial charge in [0.2, 0.25) is 0 Å². The molecule has 36 heavy (non-hydrogen) atoms. The Balaban J connectivity index is 1.83. The van der Waals surface area contributed by atoms with E-state index >= 15 is 0 Å². The van der Waals surface area contributed by atoms with Crippen LogP contribution in [0.1, 0.15) is 29.8 Å². The highest BCUT2D eigenvalue weighted by Gasteiger charge is 2.33. The maximum Gasteiger partial charge on any atom is 0.416 e. The molecule has 0 aliphatic carbocycles. The van der Waals surface area contributed by atoms with Crippen molar-refractivity contribution in [2.45, 2.75) is 32.2 Å². The number of nitrogens with one attached hydrogen (secondary N) is 2. The molecule has 0 fully saturated rings. The molecule has 8 nitrogen and oxygen atoms in total. The molecule has 0 aromatic heterocycles. The number of fused-ring (bicyclic) bond motifs is 1. The average Bonchev–Trinajstić information content (AvgIpc) is 2.80. The second kappa shape index (κ2) is 11.2. The van der Waals surface area contributed by atoms with E-state index in [0.717, 1.165) is 24.3 Å². The van der Waals surface area contributed by atoms with Crippen LogP contribution in [-0.4, -0.2) is 72.8 Å². The lowest BCUT2D eigenvalue weighted by Gasteiger charge is -2.37. The third-order valence-electron chi connectivity index (χ3n) is 5.94. The predicted octanol–water partition coefficient (Wildman–Crippen LogP) is 4.13. The van der Waals surface area contributed by atoms with Gasteiger partial charge in [0, 0.05) is 30.4 Å². The number of amides is 3. The molecule has 0 unspecified atom stereocenters. The molecule has 0 saturated carbocycles. The Labute approximate surface area is 208 Å². The van der Waals surface area contributed by atoms with Crippen molar-refractivity contribution >= 4 is 23.3 Å². The fraction of sp³-hybridized carbons (Fsp3) is 0.440. The van der Waals surface area contributed by atoms with E-state index in [1.54, 1.807) is 24.0 Å². The number of nitrogens with zero attached hydrogens (tertiary/aromatic N) is 2. The molecule has 0 saturated heterocycles. The number of anilines is 2. The number of carbonyl (C=O) groups excluding carboxylic acids is 2. The summed E-state index contributed by atoms with van der Waals surface area (Å²) in [6, 6.07) is 7.61. The molecule has 0 bridgehead atoms. The molecule has 0 radical (unpaired) electrons. The number of hydrogen-bond donors (Lipinski definition) is 3. The van der Waals surface area contributed by atoms with Gasteiger partial charge >= 0.3 is 12.2 Å². The molecule has 2 aromatic carbocycles. The zero-order valence-corrected chi connectivity index (χ0v) is 20.6. The Morgan fingerprint density at radius 2 is 1.78 bits per heavy atom. The van der Waals surface area contributed by atoms with Crippen LogP contribution in [0.25, 0.3) is 0 Å². The number of carbonyl (C=O) groups is 2. The van der Waals surface area contributed by atoms with Crippen LogP contribution in [0.3, 0.4) is 0 Å². The normalized spacial score (nSPS) is 19.1. The summed E-state index contributed by atoms with van der Waals surface area (Å²) in [5, 5.41) is 14.8. The summed E-state index contributed by atoms with van der Waals surface area (Å²) in [5.74, 6) is 0.0153. The lowest BCUT2D eigenvalue weighted by Crippen LogP contribution is -2.49. The first-order chi connectivity index (χ1) is 16.9. The molecule has 2 aromatic rings. The summed E-state index contributed by atoms with van der Waals surface area (Å²) in [4.78, 5) is 29.5. The Kier molecular flexibility index (Phi) is 8.47. The minimum absolute atomic E-state index is 0.00851. The van der Waals surface area contributed by atoms with Crippen LogP contribution in [-0.2, 0) is 6.18 Å². The average molecular weight is 509 g/mol. The van der Waals surface area contributed by atoms with Gasteiger partial charge in [-0.15, -0.1) is 0 Å². The zero-order valence-electron chi connectivity index (χ0n) is 20.6. The van der Waals surface area contributed by atoms with Crippen LogP contribution in [0.5, 0.6) is 5.75 Å². The van der Waals surface area contributed by atoms with Gasteiger partial charge in [0.25, 0.3) is 5.91 Å². The number of ether oxygens (including phenoxy) is 1. The fourth-order valence-electron chi connectivity index (χ4n) is 3.91. The topological polar surface area (TPSA) is 94.1 Å². The Hall–Kier alpha value is -3.31. The van der Waals surface area contributed by atoms with Crippen molar-refractivity contribution in [3.63, 3.8) is 0 Å². The van der Waals surface area contributed by atoms with Crippen LogP contribution in [0.15, 0.2) is 42.5 Å². The van der Waals surface area contributed by atoms with Crippen LogP contribution in [0.4, 0.5) is 29.3 Å². The lowest BCUT2D eigenvalue weighted by atomic mass is 9.99. The lowest BCUT2D eigenvalue weighted by molar-refractivity contribution is -0.137. The number of alkyl halides is 3. The maximum atomic E-state index is 13.4. The summed E-state index contributed by atoms with van der Waals surface area (Å²) in [5.41, 5.74) is -0.116. The minimum atomic E-state index is -4.47. The summed E-state index contributed by atoms with van der Waals surface area (Å²) < 4.78 is 44.4.